The van der Waals surface area contributed by atoms with Gasteiger partial charge in [0, 0.05) is 10.7 Å². The van der Waals surface area contributed by atoms with E-state index in [1.807, 2.05) is 24.3 Å². The normalized spacial score (nSPS) is 9.74. The molecule has 1 aromatic heterocycles. The maximum Gasteiger partial charge on any atom is 1.00 e. The summed E-state index contributed by atoms with van der Waals surface area (Å²) in [4.78, 5) is 22.6. The largest absolute Gasteiger partial charge is 1.00 e. The maximum atomic E-state index is 11.9. The van der Waals surface area contributed by atoms with Crippen LogP contribution in [-0.2, 0) is 6.54 Å². The van der Waals surface area contributed by atoms with Crippen LogP contribution in [0.25, 0.3) is 0 Å². The fraction of sp³-hybridized carbons (Fsp3) is 0.0769. The summed E-state index contributed by atoms with van der Waals surface area (Å²) in [5.74, 6) is -1.46. The summed E-state index contributed by atoms with van der Waals surface area (Å²) in [7, 11) is 0. The maximum absolute atomic E-state index is 11.9. The SMILES string of the molecule is O=C([O-])c1cccn(Cc2ccccc2Br)c1=O.[Na+]. The van der Waals surface area contributed by atoms with E-state index in [0.29, 0.717) is 6.54 Å². The van der Waals surface area contributed by atoms with Crippen LogP contribution in [0.5, 0.6) is 0 Å². The van der Waals surface area contributed by atoms with E-state index in [0.717, 1.165) is 10.0 Å². The van der Waals surface area contributed by atoms with Gasteiger partial charge >= 0.3 is 29.6 Å². The number of hydrogen-bond acceptors (Lipinski definition) is 3. The molecule has 0 aliphatic rings. The van der Waals surface area contributed by atoms with Crippen molar-refractivity contribution in [2.45, 2.75) is 6.54 Å². The quantitative estimate of drug-likeness (QED) is 0.614. The van der Waals surface area contributed by atoms with Gasteiger partial charge in [0.2, 0.25) is 0 Å². The predicted octanol–water partition coefficient (Wildman–Crippen LogP) is -1.97. The molecule has 19 heavy (non-hydrogen) atoms. The molecule has 0 saturated heterocycles. The molecule has 2 aromatic rings. The number of carboxylic acid groups (broad SMARTS) is 1. The van der Waals surface area contributed by atoms with Crippen molar-refractivity contribution >= 4 is 21.9 Å². The predicted molar refractivity (Wildman–Crippen MR) is 68.3 cm³/mol. The van der Waals surface area contributed by atoms with Crippen LogP contribution in [-0.4, -0.2) is 10.5 Å². The third-order valence-corrected chi connectivity index (χ3v) is 3.31. The number of nitrogens with zero attached hydrogens (tertiary/aromatic N) is 1. The van der Waals surface area contributed by atoms with Crippen LogP contribution in [0.15, 0.2) is 51.9 Å². The molecule has 4 nitrogen and oxygen atoms in total. The Morgan fingerprint density at radius 1 is 1.21 bits per heavy atom. The van der Waals surface area contributed by atoms with Crippen molar-refractivity contribution in [2.24, 2.45) is 0 Å². The molecule has 0 aliphatic heterocycles. The van der Waals surface area contributed by atoms with Gasteiger partial charge in [-0.25, -0.2) is 0 Å². The summed E-state index contributed by atoms with van der Waals surface area (Å²) >= 11 is 3.38. The molecule has 0 aliphatic carbocycles. The Bertz CT molecular complexity index is 654. The van der Waals surface area contributed by atoms with Gasteiger partial charge in [-0.3, -0.25) is 4.79 Å². The molecular formula is C13H9BrNNaO3. The Morgan fingerprint density at radius 3 is 2.53 bits per heavy atom. The van der Waals surface area contributed by atoms with E-state index in [-0.39, 0.29) is 35.1 Å². The molecule has 0 bridgehead atoms. The van der Waals surface area contributed by atoms with Gasteiger partial charge in [-0.15, -0.1) is 0 Å². The van der Waals surface area contributed by atoms with Crippen molar-refractivity contribution in [1.29, 1.82) is 0 Å². The van der Waals surface area contributed by atoms with Crippen molar-refractivity contribution in [2.75, 3.05) is 0 Å². The topological polar surface area (TPSA) is 62.1 Å². The van der Waals surface area contributed by atoms with Crippen LogP contribution >= 0.6 is 15.9 Å². The second kappa shape index (κ2) is 7.05. The van der Waals surface area contributed by atoms with Crippen LogP contribution in [0, 0.1) is 0 Å². The molecule has 0 N–H and O–H groups in total. The second-order valence-corrected chi connectivity index (χ2v) is 4.59. The van der Waals surface area contributed by atoms with Gasteiger partial charge in [-0.05, 0) is 23.8 Å². The molecule has 1 heterocycles. The summed E-state index contributed by atoms with van der Waals surface area (Å²) in [6.07, 6.45) is 1.55. The summed E-state index contributed by atoms with van der Waals surface area (Å²) < 4.78 is 2.21. The molecule has 2 rings (SSSR count). The first-order valence-corrected chi connectivity index (χ1v) is 6.03. The summed E-state index contributed by atoms with van der Waals surface area (Å²) in [5, 5.41) is 10.8. The first kappa shape index (κ1) is 16.2. The summed E-state index contributed by atoms with van der Waals surface area (Å²) in [6, 6.07) is 10.2. The van der Waals surface area contributed by atoms with E-state index in [1.165, 1.54) is 16.7 Å². The average Bonchev–Trinajstić information content (AvgIpc) is 2.34. The molecule has 1 aromatic carbocycles. The zero-order valence-electron chi connectivity index (χ0n) is 10.3. The molecule has 0 radical (unpaired) electrons. The van der Waals surface area contributed by atoms with Crippen LogP contribution < -0.4 is 40.2 Å². The monoisotopic (exact) mass is 329 g/mol. The Morgan fingerprint density at radius 2 is 1.89 bits per heavy atom. The number of carboxylic acids is 1. The smallest absolute Gasteiger partial charge is 0.545 e. The van der Waals surface area contributed by atoms with Crippen molar-refractivity contribution < 1.29 is 39.5 Å². The van der Waals surface area contributed by atoms with Crippen LogP contribution in [0.4, 0.5) is 0 Å². The Kier molecular flexibility index (Phi) is 6.00. The van der Waals surface area contributed by atoms with Gasteiger partial charge in [0.25, 0.3) is 5.56 Å². The van der Waals surface area contributed by atoms with Gasteiger partial charge in [0.05, 0.1) is 18.1 Å². The van der Waals surface area contributed by atoms with Crippen molar-refractivity contribution in [3.63, 3.8) is 0 Å². The Balaban J connectivity index is 0.00000180. The number of aromatic nitrogens is 1. The number of carbonyl (C=O) groups excluding carboxylic acids is 1. The Labute approximate surface area is 140 Å². The third kappa shape index (κ3) is 3.79. The number of aromatic carboxylic acids is 1. The zero-order valence-corrected chi connectivity index (χ0v) is 13.9. The fourth-order valence-corrected chi connectivity index (χ4v) is 2.04. The molecular weight excluding hydrogens is 321 g/mol. The van der Waals surface area contributed by atoms with Crippen LogP contribution in [0.2, 0.25) is 0 Å². The standard InChI is InChI=1S/C13H10BrNO3.Na/c14-11-6-2-1-4-9(11)8-15-7-3-5-10(12(15)16)13(17)18;/h1-7H,8H2,(H,17,18);/q;+1/p-1. The minimum absolute atomic E-state index is 0. The molecule has 0 unspecified atom stereocenters. The van der Waals surface area contributed by atoms with E-state index in [2.05, 4.69) is 15.9 Å². The van der Waals surface area contributed by atoms with E-state index in [9.17, 15) is 14.7 Å². The number of hydrogen-bond donors (Lipinski definition) is 0. The molecule has 92 valence electrons. The number of pyridine rings is 1. The molecule has 0 spiro atoms. The van der Waals surface area contributed by atoms with E-state index in [1.54, 1.807) is 6.20 Å². The van der Waals surface area contributed by atoms with Gasteiger partial charge in [0.15, 0.2) is 0 Å². The van der Waals surface area contributed by atoms with Gasteiger partial charge < -0.3 is 14.5 Å². The summed E-state index contributed by atoms with van der Waals surface area (Å²) in [6.45, 7) is 0.307. The van der Waals surface area contributed by atoms with E-state index in [4.69, 9.17) is 0 Å². The average molecular weight is 330 g/mol. The molecule has 0 saturated carbocycles. The summed E-state index contributed by atoms with van der Waals surface area (Å²) in [5.41, 5.74) is 0.00732. The number of carbonyl (C=O) groups is 1. The van der Waals surface area contributed by atoms with Crippen LogP contribution in [0.3, 0.4) is 0 Å². The number of benzene rings is 1. The Hall–Kier alpha value is -0.880. The van der Waals surface area contributed by atoms with Crippen molar-refractivity contribution in [1.82, 2.24) is 4.57 Å². The first-order valence-electron chi connectivity index (χ1n) is 5.24. The van der Waals surface area contributed by atoms with Gasteiger partial charge in [-0.1, -0.05) is 34.1 Å². The van der Waals surface area contributed by atoms with E-state index < -0.39 is 11.5 Å². The minimum Gasteiger partial charge on any atom is -0.545 e. The van der Waals surface area contributed by atoms with Crippen molar-refractivity contribution in [3.05, 3.63) is 68.5 Å². The third-order valence-electron chi connectivity index (χ3n) is 2.54. The van der Waals surface area contributed by atoms with Gasteiger partial charge in [0.1, 0.15) is 0 Å². The van der Waals surface area contributed by atoms with Crippen molar-refractivity contribution in [3.8, 4) is 0 Å². The van der Waals surface area contributed by atoms with E-state index >= 15 is 0 Å². The minimum atomic E-state index is -1.46. The fourth-order valence-electron chi connectivity index (χ4n) is 1.63. The molecule has 0 amide bonds. The van der Waals surface area contributed by atoms with Crippen LogP contribution in [0.1, 0.15) is 15.9 Å². The zero-order chi connectivity index (χ0) is 13.1. The van der Waals surface area contributed by atoms with Gasteiger partial charge in [-0.2, -0.15) is 0 Å². The molecule has 6 heteroatoms. The number of rotatable bonds is 3. The molecule has 0 fully saturated rings. The molecule has 0 atom stereocenters. The first-order chi connectivity index (χ1) is 8.59. The second-order valence-electron chi connectivity index (χ2n) is 3.73. The number of halogens is 1.